The van der Waals surface area contributed by atoms with Gasteiger partial charge in [0.25, 0.3) is 5.91 Å². The van der Waals surface area contributed by atoms with Crippen molar-refractivity contribution >= 4 is 23.2 Å². The fourth-order valence-corrected chi connectivity index (χ4v) is 3.73. The number of hydrogen-bond donors (Lipinski definition) is 1. The molecule has 0 heterocycles. The topological polar surface area (TPSA) is 58.6 Å². The third-order valence-electron chi connectivity index (χ3n) is 5.53. The number of ether oxygens (including phenoxy) is 1. The van der Waals surface area contributed by atoms with Gasteiger partial charge in [0.05, 0.1) is 20.1 Å². The lowest BCUT2D eigenvalue weighted by atomic mass is 10.1. The monoisotopic (exact) mass is 486 g/mol. The van der Waals surface area contributed by atoms with Gasteiger partial charge < -0.3 is 15.0 Å². The molecule has 1 N–H and O–H groups in total. The van der Waals surface area contributed by atoms with Crippen molar-refractivity contribution in [3.8, 4) is 5.75 Å². The maximum atomic E-state index is 13.8. The Morgan fingerprint density at radius 1 is 0.806 bits per heavy atom. The average Bonchev–Trinajstić information content (AvgIpc) is 2.88. The van der Waals surface area contributed by atoms with Crippen LogP contribution in [0.15, 0.2) is 97.1 Å². The summed E-state index contributed by atoms with van der Waals surface area (Å²) in [6.07, 6.45) is 0.0818. The normalized spacial score (nSPS) is 10.5. The number of carbonyl (C=O) groups excluding carboxylic acids is 2. The summed E-state index contributed by atoms with van der Waals surface area (Å²) in [6, 6.07) is 25.3. The summed E-state index contributed by atoms with van der Waals surface area (Å²) in [5.74, 6) is -0.861. The predicted octanol–water partition coefficient (Wildman–Crippen LogP) is 6.00. The molecule has 0 aliphatic heterocycles. The number of rotatable bonds is 8. The fraction of sp³-hybridized carbons (Fsp3) is 0.103. The van der Waals surface area contributed by atoms with Crippen LogP contribution in [0.3, 0.4) is 0 Å². The van der Waals surface area contributed by atoms with E-state index in [-0.39, 0.29) is 30.3 Å². The molecule has 2 amide bonds. The highest BCUT2D eigenvalue weighted by molar-refractivity contribution is 6.06. The maximum absolute atomic E-state index is 13.8. The highest BCUT2D eigenvalue weighted by Gasteiger charge is 2.20. The fourth-order valence-electron chi connectivity index (χ4n) is 3.73. The molecule has 0 saturated carbocycles. The van der Waals surface area contributed by atoms with Gasteiger partial charge in [-0.2, -0.15) is 0 Å². The van der Waals surface area contributed by atoms with Crippen LogP contribution in [0.25, 0.3) is 0 Å². The zero-order chi connectivity index (χ0) is 25.5. The molecule has 4 aromatic rings. The van der Waals surface area contributed by atoms with Crippen LogP contribution in [0, 0.1) is 11.6 Å². The van der Waals surface area contributed by atoms with Crippen molar-refractivity contribution < 1.29 is 23.1 Å². The Labute approximate surface area is 208 Å². The lowest BCUT2D eigenvalue weighted by Crippen LogP contribution is -2.30. The number of anilines is 2. The summed E-state index contributed by atoms with van der Waals surface area (Å²) in [5, 5.41) is 2.84. The van der Waals surface area contributed by atoms with Gasteiger partial charge in [-0.25, -0.2) is 8.78 Å². The van der Waals surface area contributed by atoms with Gasteiger partial charge in [0.2, 0.25) is 5.91 Å². The van der Waals surface area contributed by atoms with Crippen LogP contribution in [-0.2, 0) is 17.8 Å². The Balaban J connectivity index is 1.57. The van der Waals surface area contributed by atoms with E-state index in [9.17, 15) is 18.4 Å². The third kappa shape index (κ3) is 6.33. The second kappa shape index (κ2) is 11.3. The number of amides is 2. The summed E-state index contributed by atoms with van der Waals surface area (Å²) in [5.41, 5.74) is 2.73. The number of carbonyl (C=O) groups is 2. The minimum atomic E-state index is -0.522. The van der Waals surface area contributed by atoms with E-state index in [2.05, 4.69) is 5.32 Å². The van der Waals surface area contributed by atoms with Crippen molar-refractivity contribution in [2.45, 2.75) is 13.0 Å². The van der Waals surface area contributed by atoms with E-state index < -0.39 is 11.7 Å². The SMILES string of the molecule is COc1ccc(NC(=O)Cc2cccc(N(Cc3ccc(F)cc3)C(=O)c3cccc(F)c3)c2)cc1. The second-order valence-electron chi connectivity index (χ2n) is 8.15. The molecule has 4 aromatic carbocycles. The first-order valence-corrected chi connectivity index (χ1v) is 11.3. The van der Waals surface area contributed by atoms with Crippen LogP contribution in [-0.4, -0.2) is 18.9 Å². The van der Waals surface area contributed by atoms with E-state index in [1.165, 1.54) is 41.3 Å². The quantitative estimate of drug-likeness (QED) is 0.332. The molecule has 0 radical (unpaired) electrons. The van der Waals surface area contributed by atoms with E-state index in [0.717, 1.165) is 0 Å². The Morgan fingerprint density at radius 3 is 2.22 bits per heavy atom. The molecular weight excluding hydrogens is 462 g/mol. The predicted molar refractivity (Wildman–Crippen MR) is 135 cm³/mol. The van der Waals surface area contributed by atoms with Crippen LogP contribution >= 0.6 is 0 Å². The van der Waals surface area contributed by atoms with Crippen LogP contribution in [0.5, 0.6) is 5.75 Å². The van der Waals surface area contributed by atoms with Crippen LogP contribution in [0.2, 0.25) is 0 Å². The number of methoxy groups -OCH3 is 1. The highest BCUT2D eigenvalue weighted by Crippen LogP contribution is 2.23. The number of nitrogens with zero attached hydrogens (tertiary/aromatic N) is 1. The lowest BCUT2D eigenvalue weighted by molar-refractivity contribution is -0.115. The molecule has 0 aliphatic carbocycles. The summed E-state index contributed by atoms with van der Waals surface area (Å²) in [4.78, 5) is 27.5. The van der Waals surface area contributed by atoms with E-state index >= 15 is 0 Å². The van der Waals surface area contributed by atoms with Gasteiger partial charge in [0.1, 0.15) is 17.4 Å². The van der Waals surface area contributed by atoms with Gasteiger partial charge in [-0.05, 0) is 77.9 Å². The van der Waals surface area contributed by atoms with Crippen molar-refractivity contribution in [3.05, 3.63) is 125 Å². The van der Waals surface area contributed by atoms with Crippen LogP contribution in [0.4, 0.5) is 20.2 Å². The van der Waals surface area contributed by atoms with Crippen molar-refractivity contribution in [2.24, 2.45) is 0 Å². The van der Waals surface area contributed by atoms with Gasteiger partial charge >= 0.3 is 0 Å². The van der Waals surface area contributed by atoms with Crippen molar-refractivity contribution in [2.75, 3.05) is 17.3 Å². The standard InChI is InChI=1S/C29H24F2N2O3/c1-36-27-14-12-25(13-15-27)32-28(34)17-21-4-2-7-26(16-21)33(19-20-8-10-23(30)11-9-20)29(35)22-5-3-6-24(31)18-22/h2-16,18H,17,19H2,1H3,(H,32,34). The Kier molecular flexibility index (Phi) is 7.70. The number of halogens is 2. The molecular formula is C29H24F2N2O3. The molecule has 0 atom stereocenters. The van der Waals surface area contributed by atoms with Gasteiger partial charge in [-0.15, -0.1) is 0 Å². The molecule has 0 bridgehead atoms. The molecule has 0 aliphatic rings. The Morgan fingerprint density at radius 2 is 1.53 bits per heavy atom. The minimum absolute atomic E-state index is 0.0818. The smallest absolute Gasteiger partial charge is 0.258 e. The first-order chi connectivity index (χ1) is 17.4. The van der Waals surface area contributed by atoms with E-state index in [1.54, 1.807) is 67.8 Å². The van der Waals surface area contributed by atoms with Crippen molar-refractivity contribution in [1.82, 2.24) is 0 Å². The molecule has 36 heavy (non-hydrogen) atoms. The molecule has 0 unspecified atom stereocenters. The van der Waals surface area contributed by atoms with E-state index in [0.29, 0.717) is 28.3 Å². The molecule has 4 rings (SSSR count). The maximum Gasteiger partial charge on any atom is 0.258 e. The van der Waals surface area contributed by atoms with Crippen molar-refractivity contribution in [1.29, 1.82) is 0 Å². The van der Waals surface area contributed by atoms with Gasteiger partial charge in [0, 0.05) is 16.9 Å². The summed E-state index contributed by atoms with van der Waals surface area (Å²) < 4.78 is 32.4. The van der Waals surface area contributed by atoms with Gasteiger partial charge in [0.15, 0.2) is 0 Å². The lowest BCUT2D eigenvalue weighted by Gasteiger charge is -2.24. The highest BCUT2D eigenvalue weighted by atomic mass is 19.1. The first-order valence-electron chi connectivity index (χ1n) is 11.3. The van der Waals surface area contributed by atoms with E-state index in [4.69, 9.17) is 4.74 Å². The summed E-state index contributed by atoms with van der Waals surface area (Å²) >= 11 is 0. The molecule has 0 saturated heterocycles. The largest absolute Gasteiger partial charge is 0.497 e. The molecule has 182 valence electrons. The average molecular weight is 487 g/mol. The molecule has 0 spiro atoms. The van der Waals surface area contributed by atoms with Crippen LogP contribution in [0.1, 0.15) is 21.5 Å². The summed E-state index contributed by atoms with van der Waals surface area (Å²) in [7, 11) is 1.57. The molecule has 0 fully saturated rings. The molecule has 0 aromatic heterocycles. The van der Waals surface area contributed by atoms with Crippen molar-refractivity contribution in [3.63, 3.8) is 0 Å². The zero-order valence-electron chi connectivity index (χ0n) is 19.6. The van der Waals surface area contributed by atoms with E-state index in [1.807, 2.05) is 0 Å². The van der Waals surface area contributed by atoms with Gasteiger partial charge in [-0.3, -0.25) is 9.59 Å². The number of hydrogen-bond acceptors (Lipinski definition) is 3. The molecule has 7 heteroatoms. The van der Waals surface area contributed by atoms with Gasteiger partial charge in [-0.1, -0.05) is 30.3 Å². The Bertz CT molecular complexity index is 1360. The zero-order valence-corrected chi connectivity index (χ0v) is 19.6. The molecule has 5 nitrogen and oxygen atoms in total. The number of benzene rings is 4. The first kappa shape index (κ1) is 24.6. The third-order valence-corrected chi connectivity index (χ3v) is 5.53. The Hall–Kier alpha value is -4.52. The van der Waals surface area contributed by atoms with Crippen LogP contribution < -0.4 is 15.0 Å². The minimum Gasteiger partial charge on any atom is -0.497 e. The number of nitrogens with one attached hydrogen (secondary N) is 1. The summed E-state index contributed by atoms with van der Waals surface area (Å²) in [6.45, 7) is 0.136. The second-order valence-corrected chi connectivity index (χ2v) is 8.15.